The minimum Gasteiger partial charge on any atom is -0.409 e. The van der Waals surface area contributed by atoms with Gasteiger partial charge in [0, 0.05) is 39.3 Å². The summed E-state index contributed by atoms with van der Waals surface area (Å²) in [5, 5.41) is 11.5. The molecule has 2 fully saturated rings. The average molecular weight is 242 g/mol. The predicted octanol–water partition coefficient (Wildman–Crippen LogP) is -0.613. The lowest BCUT2D eigenvalue weighted by atomic mass is 10.1. The van der Waals surface area contributed by atoms with Crippen molar-refractivity contribution in [3.63, 3.8) is 0 Å². The minimum atomic E-state index is 0.294. The third-order valence-corrected chi connectivity index (χ3v) is 3.52. The van der Waals surface area contributed by atoms with Crippen LogP contribution in [-0.2, 0) is 4.74 Å². The molecule has 0 saturated carbocycles. The number of nitrogens with zero attached hydrogens (tertiary/aromatic N) is 3. The number of hydrogen-bond acceptors (Lipinski definition) is 5. The Kier molecular flexibility index (Phi) is 4.58. The molecular formula is C11H22N4O2. The lowest BCUT2D eigenvalue weighted by molar-refractivity contribution is 0.119. The molecule has 0 aliphatic carbocycles. The van der Waals surface area contributed by atoms with Crippen LogP contribution in [0.3, 0.4) is 0 Å². The van der Waals surface area contributed by atoms with Gasteiger partial charge >= 0.3 is 0 Å². The fraction of sp³-hybridized carbons (Fsp3) is 0.909. The fourth-order valence-corrected chi connectivity index (χ4v) is 2.48. The topological polar surface area (TPSA) is 74.3 Å². The maximum Gasteiger partial charge on any atom is 0.153 e. The molecular weight excluding hydrogens is 220 g/mol. The van der Waals surface area contributed by atoms with Crippen molar-refractivity contribution in [1.29, 1.82) is 0 Å². The van der Waals surface area contributed by atoms with Crippen LogP contribution in [0.15, 0.2) is 5.16 Å². The molecule has 3 N–H and O–H groups in total. The van der Waals surface area contributed by atoms with Crippen LogP contribution in [0.4, 0.5) is 0 Å². The van der Waals surface area contributed by atoms with Crippen LogP contribution < -0.4 is 5.73 Å². The van der Waals surface area contributed by atoms with Gasteiger partial charge in [0.2, 0.25) is 0 Å². The van der Waals surface area contributed by atoms with Gasteiger partial charge in [-0.25, -0.2) is 0 Å². The molecule has 6 nitrogen and oxygen atoms in total. The summed E-state index contributed by atoms with van der Waals surface area (Å²) in [4.78, 5) is 4.71. The highest BCUT2D eigenvalue weighted by Crippen LogP contribution is 2.14. The van der Waals surface area contributed by atoms with Crippen molar-refractivity contribution in [2.45, 2.75) is 6.42 Å². The highest BCUT2D eigenvalue weighted by atomic mass is 16.5. The first-order chi connectivity index (χ1) is 8.28. The summed E-state index contributed by atoms with van der Waals surface area (Å²) in [7, 11) is 0. The van der Waals surface area contributed by atoms with E-state index in [0.29, 0.717) is 18.3 Å². The lowest BCUT2D eigenvalue weighted by Crippen LogP contribution is -2.49. The quantitative estimate of drug-likeness (QED) is 0.298. The molecule has 0 aromatic rings. The average Bonchev–Trinajstić information content (AvgIpc) is 2.84. The Balaban J connectivity index is 1.66. The molecule has 2 saturated heterocycles. The number of hydrogen-bond donors (Lipinski definition) is 2. The van der Waals surface area contributed by atoms with E-state index in [1.165, 1.54) is 6.42 Å². The van der Waals surface area contributed by atoms with E-state index in [9.17, 15) is 0 Å². The van der Waals surface area contributed by atoms with Gasteiger partial charge in [0.05, 0.1) is 13.2 Å². The SMILES string of the molecule is N/C(CN1CCN(CC2CCOC2)CC1)=N\O. The Labute approximate surface area is 102 Å². The molecule has 0 aromatic carbocycles. The van der Waals surface area contributed by atoms with Crippen molar-refractivity contribution in [3.8, 4) is 0 Å². The first-order valence-electron chi connectivity index (χ1n) is 6.27. The highest BCUT2D eigenvalue weighted by Gasteiger charge is 2.22. The molecule has 0 radical (unpaired) electrons. The van der Waals surface area contributed by atoms with Gasteiger partial charge in [-0.15, -0.1) is 0 Å². The summed E-state index contributed by atoms with van der Waals surface area (Å²) in [6.45, 7) is 7.67. The van der Waals surface area contributed by atoms with Crippen molar-refractivity contribution in [1.82, 2.24) is 9.80 Å². The summed E-state index contributed by atoms with van der Waals surface area (Å²) in [6.07, 6.45) is 1.20. The van der Waals surface area contributed by atoms with E-state index in [4.69, 9.17) is 15.7 Å². The molecule has 2 aliphatic heterocycles. The van der Waals surface area contributed by atoms with Crippen LogP contribution in [0, 0.1) is 5.92 Å². The molecule has 2 aliphatic rings. The molecule has 2 heterocycles. The van der Waals surface area contributed by atoms with Gasteiger partial charge in [0.25, 0.3) is 0 Å². The second-order valence-electron chi connectivity index (χ2n) is 4.90. The zero-order valence-electron chi connectivity index (χ0n) is 10.2. The highest BCUT2D eigenvalue weighted by molar-refractivity contribution is 5.81. The van der Waals surface area contributed by atoms with Crippen LogP contribution in [0.1, 0.15) is 6.42 Å². The van der Waals surface area contributed by atoms with Gasteiger partial charge < -0.3 is 20.6 Å². The van der Waals surface area contributed by atoms with Gasteiger partial charge in [-0.1, -0.05) is 5.16 Å². The smallest absolute Gasteiger partial charge is 0.153 e. The summed E-state index contributed by atoms with van der Waals surface area (Å²) in [5.74, 6) is 1.01. The van der Waals surface area contributed by atoms with Crippen LogP contribution >= 0.6 is 0 Å². The van der Waals surface area contributed by atoms with Crippen LogP contribution in [0.2, 0.25) is 0 Å². The fourth-order valence-electron chi connectivity index (χ4n) is 2.48. The largest absolute Gasteiger partial charge is 0.409 e. The van der Waals surface area contributed by atoms with Crippen molar-refractivity contribution in [2.24, 2.45) is 16.8 Å². The Morgan fingerprint density at radius 2 is 2.00 bits per heavy atom. The molecule has 17 heavy (non-hydrogen) atoms. The van der Waals surface area contributed by atoms with E-state index in [1.807, 2.05) is 0 Å². The monoisotopic (exact) mass is 242 g/mol. The maximum atomic E-state index is 8.52. The second kappa shape index (κ2) is 6.18. The number of amidine groups is 1. The Morgan fingerprint density at radius 3 is 2.59 bits per heavy atom. The van der Waals surface area contributed by atoms with E-state index in [1.54, 1.807) is 0 Å². The number of rotatable bonds is 4. The van der Waals surface area contributed by atoms with Crippen molar-refractivity contribution in [3.05, 3.63) is 0 Å². The molecule has 0 amide bonds. The van der Waals surface area contributed by atoms with Gasteiger partial charge in [-0.3, -0.25) is 4.90 Å². The van der Waals surface area contributed by atoms with Gasteiger partial charge in [-0.05, 0) is 12.3 Å². The third kappa shape index (κ3) is 3.83. The first kappa shape index (κ1) is 12.6. The molecule has 98 valence electrons. The Morgan fingerprint density at radius 1 is 1.29 bits per heavy atom. The first-order valence-corrected chi connectivity index (χ1v) is 6.27. The second-order valence-corrected chi connectivity index (χ2v) is 4.90. The standard InChI is InChI=1S/C11H22N4O2/c12-11(13-16)8-15-4-2-14(3-5-15)7-10-1-6-17-9-10/h10,16H,1-9H2,(H2,12,13). The third-order valence-electron chi connectivity index (χ3n) is 3.52. The van der Waals surface area contributed by atoms with Crippen LogP contribution in [0.25, 0.3) is 0 Å². The predicted molar refractivity (Wildman–Crippen MR) is 65.2 cm³/mol. The summed E-state index contributed by atoms with van der Waals surface area (Å²) in [5.41, 5.74) is 5.50. The van der Waals surface area contributed by atoms with E-state index in [0.717, 1.165) is 45.9 Å². The van der Waals surface area contributed by atoms with Gasteiger partial charge in [0.1, 0.15) is 0 Å². The zero-order valence-corrected chi connectivity index (χ0v) is 10.2. The summed E-state index contributed by atoms with van der Waals surface area (Å²) >= 11 is 0. The van der Waals surface area contributed by atoms with Crippen LogP contribution in [0.5, 0.6) is 0 Å². The summed E-state index contributed by atoms with van der Waals surface area (Å²) < 4.78 is 5.39. The number of oxime groups is 1. The van der Waals surface area contributed by atoms with E-state index >= 15 is 0 Å². The molecule has 1 atom stereocenters. The lowest BCUT2D eigenvalue weighted by Gasteiger charge is -2.35. The Bertz CT molecular complexity index is 258. The molecule has 6 heteroatoms. The molecule has 1 unspecified atom stereocenters. The van der Waals surface area contributed by atoms with Crippen molar-refractivity contribution < 1.29 is 9.94 Å². The van der Waals surface area contributed by atoms with Gasteiger partial charge in [-0.2, -0.15) is 0 Å². The minimum absolute atomic E-state index is 0.294. The molecule has 0 aromatic heterocycles. The number of ether oxygens (including phenoxy) is 1. The van der Waals surface area contributed by atoms with Gasteiger partial charge in [0.15, 0.2) is 5.84 Å². The van der Waals surface area contributed by atoms with Crippen molar-refractivity contribution >= 4 is 5.84 Å². The number of piperazine rings is 1. The van der Waals surface area contributed by atoms with E-state index in [2.05, 4.69) is 15.0 Å². The number of nitrogens with two attached hydrogens (primary N) is 1. The van der Waals surface area contributed by atoms with Crippen LogP contribution in [-0.4, -0.2) is 73.3 Å². The molecule has 0 bridgehead atoms. The summed E-state index contributed by atoms with van der Waals surface area (Å²) in [6, 6.07) is 0. The molecule has 2 rings (SSSR count). The van der Waals surface area contributed by atoms with E-state index < -0.39 is 0 Å². The molecule has 0 spiro atoms. The Hall–Kier alpha value is -0.850. The normalized spacial score (nSPS) is 28.7. The van der Waals surface area contributed by atoms with Crippen molar-refractivity contribution in [2.75, 3.05) is 52.5 Å². The zero-order chi connectivity index (χ0) is 12.1. The maximum absolute atomic E-state index is 8.52. The van der Waals surface area contributed by atoms with E-state index in [-0.39, 0.29) is 0 Å².